The number of aromatic nitrogens is 3. The van der Waals surface area contributed by atoms with Crippen molar-refractivity contribution in [1.82, 2.24) is 15.0 Å². The van der Waals surface area contributed by atoms with E-state index in [1.807, 2.05) is 0 Å². The van der Waals surface area contributed by atoms with E-state index >= 15 is 0 Å². The molecular formula is C13H13N5O3. The van der Waals surface area contributed by atoms with E-state index in [0.717, 1.165) is 0 Å². The average Bonchev–Trinajstić information content (AvgIpc) is 2.48. The molecule has 0 aliphatic heterocycles. The number of carbonyl (C=O) groups is 2. The monoisotopic (exact) mass is 287 g/mol. The summed E-state index contributed by atoms with van der Waals surface area (Å²) >= 11 is 0. The van der Waals surface area contributed by atoms with Gasteiger partial charge in [-0.2, -0.15) is 0 Å². The highest BCUT2D eigenvalue weighted by Crippen LogP contribution is 2.11. The quantitative estimate of drug-likeness (QED) is 0.830. The predicted octanol–water partition coefficient (Wildman–Crippen LogP) is 0.645. The number of hydrogen-bond donors (Lipinski definition) is 2. The van der Waals surface area contributed by atoms with Crippen LogP contribution >= 0.6 is 0 Å². The van der Waals surface area contributed by atoms with Crippen LogP contribution in [0.5, 0.6) is 0 Å². The molecular weight excluding hydrogens is 274 g/mol. The summed E-state index contributed by atoms with van der Waals surface area (Å²) in [7, 11) is 1.66. The fraction of sp³-hybridized carbons (Fsp3) is 0.154. The zero-order valence-electron chi connectivity index (χ0n) is 11.2. The molecule has 0 unspecified atom stereocenters. The summed E-state index contributed by atoms with van der Waals surface area (Å²) in [5, 5.41) is 11.5. The molecule has 2 aromatic rings. The van der Waals surface area contributed by atoms with Crippen LogP contribution in [0.4, 0.5) is 11.8 Å². The van der Waals surface area contributed by atoms with Crippen LogP contribution in [-0.2, 0) is 4.79 Å². The molecule has 0 bridgehead atoms. The molecule has 0 saturated heterocycles. The molecule has 21 heavy (non-hydrogen) atoms. The zero-order valence-corrected chi connectivity index (χ0v) is 11.2. The molecule has 108 valence electrons. The van der Waals surface area contributed by atoms with Gasteiger partial charge in [-0.3, -0.25) is 4.79 Å². The summed E-state index contributed by atoms with van der Waals surface area (Å²) in [6.45, 7) is -0.0281. The maximum absolute atomic E-state index is 11.9. The number of nitrogens with one attached hydrogen (secondary N) is 1. The van der Waals surface area contributed by atoms with E-state index in [4.69, 9.17) is 5.11 Å². The fourth-order valence-electron chi connectivity index (χ4n) is 1.62. The number of carboxylic acid groups (broad SMARTS) is 1. The number of likely N-dealkylation sites (N-methyl/N-ethyl adjacent to an activating group) is 1. The van der Waals surface area contributed by atoms with Crippen molar-refractivity contribution in [3.63, 3.8) is 0 Å². The first-order valence-electron chi connectivity index (χ1n) is 6.04. The number of carbonyl (C=O) groups excluding carboxylic acids is 1. The summed E-state index contributed by atoms with van der Waals surface area (Å²) in [6, 6.07) is 4.53. The largest absolute Gasteiger partial charge is 0.478 e. The number of pyridine rings is 1. The molecule has 2 heterocycles. The number of nitrogens with zero attached hydrogens (tertiary/aromatic N) is 4. The molecule has 0 saturated carbocycles. The Morgan fingerprint density at radius 1 is 1.19 bits per heavy atom. The normalized spacial score (nSPS) is 9.95. The summed E-state index contributed by atoms with van der Waals surface area (Å²) in [6.07, 6.45) is 4.54. The van der Waals surface area contributed by atoms with Crippen molar-refractivity contribution in [2.75, 3.05) is 23.8 Å². The SMILES string of the molecule is CN(CC(=O)Nc1ncccc1C(=O)O)c1ncccn1. The molecule has 8 heteroatoms. The lowest BCUT2D eigenvalue weighted by Crippen LogP contribution is -2.31. The predicted molar refractivity (Wildman–Crippen MR) is 75.1 cm³/mol. The number of carboxylic acids is 1. The van der Waals surface area contributed by atoms with Crippen molar-refractivity contribution in [3.05, 3.63) is 42.4 Å². The summed E-state index contributed by atoms with van der Waals surface area (Å²) in [4.78, 5) is 36.4. The van der Waals surface area contributed by atoms with Crippen LogP contribution in [0.15, 0.2) is 36.8 Å². The fourth-order valence-corrected chi connectivity index (χ4v) is 1.62. The summed E-state index contributed by atoms with van der Waals surface area (Å²) in [5.74, 6) is -1.16. The number of amides is 1. The van der Waals surface area contributed by atoms with Gasteiger partial charge in [0.25, 0.3) is 0 Å². The third kappa shape index (κ3) is 3.72. The number of rotatable bonds is 5. The van der Waals surface area contributed by atoms with Gasteiger partial charge in [0.15, 0.2) is 0 Å². The highest BCUT2D eigenvalue weighted by molar-refractivity contribution is 6.00. The molecule has 0 fully saturated rings. The van der Waals surface area contributed by atoms with E-state index in [9.17, 15) is 9.59 Å². The van der Waals surface area contributed by atoms with Gasteiger partial charge in [0.2, 0.25) is 11.9 Å². The minimum atomic E-state index is -1.15. The Labute approximate surface area is 120 Å². The second kappa shape index (κ2) is 6.42. The Balaban J connectivity index is 2.04. The van der Waals surface area contributed by atoms with Crippen LogP contribution in [0.1, 0.15) is 10.4 Å². The highest BCUT2D eigenvalue weighted by atomic mass is 16.4. The maximum atomic E-state index is 11.9. The standard InChI is InChI=1S/C13H13N5O3/c1-18(13-15-6-3-7-16-13)8-10(19)17-11-9(12(20)21)4-2-5-14-11/h2-7H,8H2,1H3,(H,20,21)(H,14,17,19). The van der Waals surface area contributed by atoms with Crippen LogP contribution in [0.25, 0.3) is 0 Å². The molecule has 0 aromatic carbocycles. The van der Waals surface area contributed by atoms with Crippen LogP contribution in [0.3, 0.4) is 0 Å². The van der Waals surface area contributed by atoms with Crippen molar-refractivity contribution in [2.24, 2.45) is 0 Å². The first-order valence-corrected chi connectivity index (χ1v) is 6.04. The molecule has 0 atom stereocenters. The Morgan fingerprint density at radius 2 is 1.86 bits per heavy atom. The lowest BCUT2D eigenvalue weighted by Gasteiger charge is -2.16. The van der Waals surface area contributed by atoms with E-state index in [0.29, 0.717) is 5.95 Å². The van der Waals surface area contributed by atoms with Gasteiger partial charge >= 0.3 is 5.97 Å². The second-order valence-electron chi connectivity index (χ2n) is 4.16. The van der Waals surface area contributed by atoms with Gasteiger partial charge in [-0.1, -0.05) is 0 Å². The van der Waals surface area contributed by atoms with Crippen LogP contribution < -0.4 is 10.2 Å². The summed E-state index contributed by atoms with van der Waals surface area (Å²) in [5.41, 5.74) is -0.0653. The van der Waals surface area contributed by atoms with Crippen molar-refractivity contribution in [2.45, 2.75) is 0 Å². The zero-order chi connectivity index (χ0) is 15.2. The van der Waals surface area contributed by atoms with E-state index in [1.54, 1.807) is 30.4 Å². The Hall–Kier alpha value is -3.03. The van der Waals surface area contributed by atoms with Gasteiger partial charge in [-0.15, -0.1) is 0 Å². The third-order valence-corrected chi connectivity index (χ3v) is 2.57. The number of aromatic carboxylic acids is 1. The molecule has 0 aliphatic rings. The smallest absolute Gasteiger partial charge is 0.339 e. The van der Waals surface area contributed by atoms with Gasteiger partial charge in [0, 0.05) is 25.6 Å². The minimum Gasteiger partial charge on any atom is -0.478 e. The van der Waals surface area contributed by atoms with E-state index < -0.39 is 11.9 Å². The first kappa shape index (κ1) is 14.4. The first-order chi connectivity index (χ1) is 10.1. The van der Waals surface area contributed by atoms with Gasteiger partial charge in [-0.25, -0.2) is 19.7 Å². The van der Waals surface area contributed by atoms with Crippen LogP contribution in [-0.4, -0.2) is 45.5 Å². The highest BCUT2D eigenvalue weighted by Gasteiger charge is 2.15. The number of anilines is 2. The van der Waals surface area contributed by atoms with Crippen molar-refractivity contribution >= 4 is 23.6 Å². The van der Waals surface area contributed by atoms with Crippen molar-refractivity contribution in [1.29, 1.82) is 0 Å². The molecule has 2 aromatic heterocycles. The Bertz CT molecular complexity index is 647. The Kier molecular flexibility index (Phi) is 4.39. The van der Waals surface area contributed by atoms with E-state index in [-0.39, 0.29) is 17.9 Å². The maximum Gasteiger partial charge on any atom is 0.339 e. The minimum absolute atomic E-state index is 0.0115. The lowest BCUT2D eigenvalue weighted by atomic mass is 10.2. The van der Waals surface area contributed by atoms with Gasteiger partial charge in [0.05, 0.1) is 6.54 Å². The Morgan fingerprint density at radius 3 is 2.52 bits per heavy atom. The van der Waals surface area contributed by atoms with Crippen molar-refractivity contribution in [3.8, 4) is 0 Å². The molecule has 0 aliphatic carbocycles. The molecule has 8 nitrogen and oxygen atoms in total. The number of hydrogen-bond acceptors (Lipinski definition) is 6. The molecule has 0 spiro atoms. The lowest BCUT2D eigenvalue weighted by molar-refractivity contribution is -0.115. The van der Waals surface area contributed by atoms with Crippen LogP contribution in [0, 0.1) is 0 Å². The molecule has 2 N–H and O–H groups in total. The second-order valence-corrected chi connectivity index (χ2v) is 4.16. The van der Waals surface area contributed by atoms with E-state index in [1.165, 1.54) is 18.3 Å². The topological polar surface area (TPSA) is 108 Å². The molecule has 0 radical (unpaired) electrons. The van der Waals surface area contributed by atoms with Crippen molar-refractivity contribution < 1.29 is 14.7 Å². The summed E-state index contributed by atoms with van der Waals surface area (Å²) < 4.78 is 0. The van der Waals surface area contributed by atoms with Gasteiger partial charge < -0.3 is 15.3 Å². The molecule has 2 rings (SSSR count). The van der Waals surface area contributed by atoms with Gasteiger partial charge in [-0.05, 0) is 18.2 Å². The average molecular weight is 287 g/mol. The van der Waals surface area contributed by atoms with Gasteiger partial charge in [0.1, 0.15) is 11.4 Å². The third-order valence-electron chi connectivity index (χ3n) is 2.57. The molecule has 1 amide bonds. The van der Waals surface area contributed by atoms with Crippen LogP contribution in [0.2, 0.25) is 0 Å². The van der Waals surface area contributed by atoms with E-state index in [2.05, 4.69) is 20.3 Å².